The lowest BCUT2D eigenvalue weighted by atomic mass is 9.86. The lowest BCUT2D eigenvalue weighted by molar-refractivity contribution is -0.143. The van der Waals surface area contributed by atoms with Gasteiger partial charge in [-0.25, -0.2) is 4.79 Å². The van der Waals surface area contributed by atoms with E-state index in [1.54, 1.807) is 0 Å². The monoisotopic (exact) mass is 297 g/mol. The number of carboxylic acid groups (broad SMARTS) is 1. The number of urea groups is 1. The van der Waals surface area contributed by atoms with Gasteiger partial charge in [-0.3, -0.25) is 4.79 Å². The third-order valence-electron chi connectivity index (χ3n) is 4.65. The van der Waals surface area contributed by atoms with Crippen LogP contribution in [-0.2, 0) is 4.79 Å². The third kappa shape index (κ3) is 4.59. The molecule has 3 N–H and O–H groups in total. The van der Waals surface area contributed by atoms with Crippen LogP contribution >= 0.6 is 0 Å². The minimum atomic E-state index is -0.735. The van der Waals surface area contributed by atoms with Gasteiger partial charge < -0.3 is 20.6 Å². The zero-order chi connectivity index (χ0) is 15.2. The fourth-order valence-corrected chi connectivity index (χ4v) is 3.52. The first-order valence-electron chi connectivity index (χ1n) is 8.03. The Morgan fingerprint density at radius 1 is 1.24 bits per heavy atom. The zero-order valence-electron chi connectivity index (χ0n) is 12.8. The Labute approximate surface area is 126 Å². The first-order valence-corrected chi connectivity index (χ1v) is 8.03. The van der Waals surface area contributed by atoms with E-state index in [-0.39, 0.29) is 18.0 Å². The second-order valence-electron chi connectivity index (χ2n) is 6.36. The number of aliphatic carboxylic acids is 1. The minimum absolute atomic E-state index is 0.0111. The highest BCUT2D eigenvalue weighted by Gasteiger charge is 2.30. The molecule has 21 heavy (non-hydrogen) atoms. The van der Waals surface area contributed by atoms with Crippen molar-refractivity contribution in [3.8, 4) is 0 Å². The molecule has 1 saturated heterocycles. The number of hydrogen-bond donors (Lipinski definition) is 3. The van der Waals surface area contributed by atoms with E-state index < -0.39 is 5.97 Å². The number of piperidine rings is 1. The number of nitrogens with zero attached hydrogens (tertiary/aromatic N) is 1. The second-order valence-corrected chi connectivity index (χ2v) is 6.36. The Morgan fingerprint density at radius 2 is 2.05 bits per heavy atom. The summed E-state index contributed by atoms with van der Waals surface area (Å²) in [5.74, 6) is -0.518. The molecule has 1 aliphatic heterocycles. The molecule has 2 aliphatic rings. The molecule has 6 heteroatoms. The van der Waals surface area contributed by atoms with Crippen LogP contribution in [0.5, 0.6) is 0 Å². The topological polar surface area (TPSA) is 81.7 Å². The van der Waals surface area contributed by atoms with E-state index in [2.05, 4.69) is 10.6 Å². The molecule has 3 atom stereocenters. The van der Waals surface area contributed by atoms with Crippen molar-refractivity contribution in [3.63, 3.8) is 0 Å². The van der Waals surface area contributed by atoms with Gasteiger partial charge in [0.2, 0.25) is 0 Å². The van der Waals surface area contributed by atoms with Crippen LogP contribution < -0.4 is 10.6 Å². The molecular weight excluding hydrogens is 270 g/mol. The first kappa shape index (κ1) is 16.1. The van der Waals surface area contributed by atoms with Gasteiger partial charge in [-0.05, 0) is 51.6 Å². The number of likely N-dealkylation sites (tertiary alicyclic amines) is 1. The summed E-state index contributed by atoms with van der Waals surface area (Å²) < 4.78 is 0. The van der Waals surface area contributed by atoms with E-state index >= 15 is 0 Å². The molecule has 2 fully saturated rings. The van der Waals surface area contributed by atoms with Gasteiger partial charge in [0.1, 0.15) is 0 Å². The fourth-order valence-electron chi connectivity index (χ4n) is 3.52. The average molecular weight is 297 g/mol. The molecule has 0 bridgehead atoms. The average Bonchev–Trinajstić information content (AvgIpc) is 2.48. The largest absolute Gasteiger partial charge is 0.481 e. The molecule has 0 spiro atoms. The number of amides is 2. The van der Waals surface area contributed by atoms with Crippen LogP contribution in [-0.4, -0.2) is 54.7 Å². The van der Waals surface area contributed by atoms with Crippen LogP contribution in [0.25, 0.3) is 0 Å². The predicted octanol–water partition coefficient (Wildman–Crippen LogP) is 1.27. The number of rotatable bonds is 4. The van der Waals surface area contributed by atoms with Gasteiger partial charge in [0.15, 0.2) is 0 Å². The summed E-state index contributed by atoms with van der Waals surface area (Å²) in [7, 11) is 1.94. The normalized spacial score (nSPS) is 30.0. The molecule has 1 aliphatic carbocycles. The van der Waals surface area contributed by atoms with Crippen molar-refractivity contribution in [2.45, 2.75) is 44.6 Å². The number of carbonyl (C=O) groups is 2. The molecule has 3 unspecified atom stereocenters. The van der Waals surface area contributed by atoms with Gasteiger partial charge in [-0.15, -0.1) is 0 Å². The highest BCUT2D eigenvalue weighted by molar-refractivity contribution is 5.75. The van der Waals surface area contributed by atoms with Gasteiger partial charge in [0.25, 0.3) is 0 Å². The first-order chi connectivity index (χ1) is 10.1. The number of carboxylic acids is 1. The van der Waals surface area contributed by atoms with E-state index in [1.807, 2.05) is 11.9 Å². The van der Waals surface area contributed by atoms with Crippen molar-refractivity contribution in [1.29, 1.82) is 0 Å². The second kappa shape index (κ2) is 7.64. The van der Waals surface area contributed by atoms with Crippen LogP contribution in [0.2, 0.25) is 0 Å². The van der Waals surface area contributed by atoms with Crippen molar-refractivity contribution < 1.29 is 14.7 Å². The molecule has 0 radical (unpaired) electrons. The maximum atomic E-state index is 12.3. The Morgan fingerprint density at radius 3 is 2.76 bits per heavy atom. The highest BCUT2D eigenvalue weighted by Crippen LogP contribution is 2.25. The zero-order valence-corrected chi connectivity index (χ0v) is 12.8. The summed E-state index contributed by atoms with van der Waals surface area (Å²) in [6, 6.07) is -0.0103. The molecule has 120 valence electrons. The molecule has 6 nitrogen and oxygen atoms in total. The fraction of sp³-hybridized carbons (Fsp3) is 0.867. The van der Waals surface area contributed by atoms with Gasteiger partial charge in [0, 0.05) is 19.1 Å². The van der Waals surface area contributed by atoms with E-state index in [4.69, 9.17) is 5.11 Å². The quantitative estimate of drug-likeness (QED) is 0.730. The Kier molecular flexibility index (Phi) is 5.85. The standard InChI is InChI=1S/C15H27N3O3/c1-16-9-11-4-3-7-18(10-11)15(21)17-13-6-2-5-12(8-13)14(19)20/h11-13,16H,2-10H2,1H3,(H,17,21)(H,19,20). The summed E-state index contributed by atoms with van der Waals surface area (Å²) in [6.07, 6.45) is 5.27. The van der Waals surface area contributed by atoms with Crippen molar-refractivity contribution in [1.82, 2.24) is 15.5 Å². The molecule has 0 aromatic heterocycles. The molecule has 2 rings (SSSR count). The summed E-state index contributed by atoms with van der Waals surface area (Å²) in [5, 5.41) is 15.3. The highest BCUT2D eigenvalue weighted by atomic mass is 16.4. The van der Waals surface area contributed by atoms with Crippen molar-refractivity contribution in [2.75, 3.05) is 26.7 Å². The number of nitrogens with one attached hydrogen (secondary N) is 2. The van der Waals surface area contributed by atoms with Gasteiger partial charge >= 0.3 is 12.0 Å². The van der Waals surface area contributed by atoms with Crippen LogP contribution in [0.3, 0.4) is 0 Å². The van der Waals surface area contributed by atoms with E-state index in [0.29, 0.717) is 12.3 Å². The lowest BCUT2D eigenvalue weighted by Gasteiger charge is -2.35. The van der Waals surface area contributed by atoms with Crippen LogP contribution in [0.15, 0.2) is 0 Å². The van der Waals surface area contributed by atoms with E-state index in [9.17, 15) is 9.59 Å². The molecule has 1 heterocycles. The van der Waals surface area contributed by atoms with Gasteiger partial charge in [-0.1, -0.05) is 6.42 Å². The summed E-state index contributed by atoms with van der Waals surface area (Å²) in [4.78, 5) is 25.3. The summed E-state index contributed by atoms with van der Waals surface area (Å²) in [6.45, 7) is 2.54. The Bertz CT molecular complexity index is 373. The minimum Gasteiger partial charge on any atom is -0.481 e. The van der Waals surface area contributed by atoms with Crippen LogP contribution in [0, 0.1) is 11.8 Å². The summed E-state index contributed by atoms with van der Waals surface area (Å²) >= 11 is 0. The van der Waals surface area contributed by atoms with Gasteiger partial charge in [0.05, 0.1) is 5.92 Å². The Hall–Kier alpha value is -1.30. The molecule has 0 aromatic rings. The lowest BCUT2D eigenvalue weighted by Crippen LogP contribution is -2.50. The molecule has 0 aromatic carbocycles. The molecule has 1 saturated carbocycles. The van der Waals surface area contributed by atoms with Crippen LogP contribution in [0.4, 0.5) is 4.79 Å². The maximum absolute atomic E-state index is 12.3. The molecular formula is C15H27N3O3. The smallest absolute Gasteiger partial charge is 0.317 e. The van der Waals surface area contributed by atoms with Crippen LogP contribution in [0.1, 0.15) is 38.5 Å². The predicted molar refractivity (Wildman–Crippen MR) is 80.1 cm³/mol. The van der Waals surface area contributed by atoms with E-state index in [1.165, 1.54) is 0 Å². The SMILES string of the molecule is CNCC1CCCN(C(=O)NC2CCCC(C(=O)O)C2)C1. The number of hydrogen-bond acceptors (Lipinski definition) is 3. The summed E-state index contributed by atoms with van der Waals surface area (Å²) in [5.41, 5.74) is 0. The van der Waals surface area contributed by atoms with Crippen molar-refractivity contribution in [2.24, 2.45) is 11.8 Å². The van der Waals surface area contributed by atoms with Gasteiger partial charge in [-0.2, -0.15) is 0 Å². The van der Waals surface area contributed by atoms with Crippen molar-refractivity contribution >= 4 is 12.0 Å². The van der Waals surface area contributed by atoms with Crippen molar-refractivity contribution in [3.05, 3.63) is 0 Å². The third-order valence-corrected chi connectivity index (χ3v) is 4.65. The number of carbonyl (C=O) groups excluding carboxylic acids is 1. The molecule has 2 amide bonds. The van der Waals surface area contributed by atoms with E-state index in [0.717, 1.165) is 51.7 Å². The maximum Gasteiger partial charge on any atom is 0.317 e. The Balaban J connectivity index is 1.81.